The minimum absolute atomic E-state index is 0.00694. The SMILES string of the molecule is COc1cccc(Sc2c(N)nc(N)[nH]c2=O)c1. The van der Waals surface area contributed by atoms with Crippen molar-refractivity contribution in [1.82, 2.24) is 9.97 Å². The van der Waals surface area contributed by atoms with Gasteiger partial charge < -0.3 is 16.2 Å². The Morgan fingerprint density at radius 1 is 1.39 bits per heavy atom. The topological polar surface area (TPSA) is 107 Å². The molecule has 18 heavy (non-hydrogen) atoms. The van der Waals surface area contributed by atoms with Crippen LogP contribution < -0.4 is 21.8 Å². The van der Waals surface area contributed by atoms with Gasteiger partial charge in [-0.05, 0) is 18.2 Å². The fraction of sp³-hybridized carbons (Fsp3) is 0.0909. The number of nitrogens with zero attached hydrogens (tertiary/aromatic N) is 1. The molecular formula is C11H12N4O2S. The average Bonchev–Trinajstić information content (AvgIpc) is 2.34. The number of aromatic amines is 1. The lowest BCUT2D eigenvalue weighted by Crippen LogP contribution is -2.15. The van der Waals surface area contributed by atoms with Crippen LogP contribution in [0.5, 0.6) is 5.75 Å². The van der Waals surface area contributed by atoms with E-state index in [1.165, 1.54) is 11.8 Å². The molecule has 1 aromatic carbocycles. The van der Waals surface area contributed by atoms with E-state index in [0.717, 1.165) is 4.90 Å². The predicted octanol–water partition coefficient (Wildman–Crippen LogP) is 1.09. The van der Waals surface area contributed by atoms with Crippen LogP contribution in [0, 0.1) is 0 Å². The number of hydrogen-bond donors (Lipinski definition) is 3. The normalized spacial score (nSPS) is 10.3. The molecular weight excluding hydrogens is 252 g/mol. The van der Waals surface area contributed by atoms with Crippen molar-refractivity contribution >= 4 is 23.5 Å². The molecule has 2 aromatic rings. The van der Waals surface area contributed by atoms with Gasteiger partial charge in [-0.3, -0.25) is 9.78 Å². The first-order valence-electron chi connectivity index (χ1n) is 5.07. The van der Waals surface area contributed by atoms with Crippen LogP contribution >= 0.6 is 11.8 Å². The lowest BCUT2D eigenvalue weighted by Gasteiger charge is -2.06. The van der Waals surface area contributed by atoms with Gasteiger partial charge in [0.1, 0.15) is 16.5 Å². The Balaban J connectivity index is 2.37. The molecule has 5 N–H and O–H groups in total. The van der Waals surface area contributed by atoms with E-state index < -0.39 is 0 Å². The van der Waals surface area contributed by atoms with Crippen molar-refractivity contribution in [3.05, 3.63) is 34.6 Å². The fourth-order valence-corrected chi connectivity index (χ4v) is 2.23. The summed E-state index contributed by atoms with van der Waals surface area (Å²) in [6.07, 6.45) is 0. The lowest BCUT2D eigenvalue weighted by molar-refractivity contribution is 0.413. The predicted molar refractivity (Wildman–Crippen MR) is 70.8 cm³/mol. The third-order valence-electron chi connectivity index (χ3n) is 2.18. The van der Waals surface area contributed by atoms with Gasteiger partial charge in [-0.2, -0.15) is 4.98 Å². The van der Waals surface area contributed by atoms with E-state index in [9.17, 15) is 4.79 Å². The number of ether oxygens (including phenoxy) is 1. The number of nitrogens with two attached hydrogens (primary N) is 2. The molecule has 0 atom stereocenters. The molecule has 2 rings (SSSR count). The molecule has 0 radical (unpaired) electrons. The van der Waals surface area contributed by atoms with Gasteiger partial charge in [-0.15, -0.1) is 0 Å². The Morgan fingerprint density at radius 3 is 2.83 bits per heavy atom. The third-order valence-corrected chi connectivity index (χ3v) is 3.27. The standard InChI is InChI=1S/C11H12N4O2S/c1-17-6-3-2-4-7(5-6)18-8-9(12)14-11(13)15-10(8)16/h2-5H,1H3,(H5,12,13,14,15,16). The molecule has 0 amide bonds. The first kappa shape index (κ1) is 12.3. The smallest absolute Gasteiger partial charge is 0.268 e. The third kappa shape index (κ3) is 2.57. The van der Waals surface area contributed by atoms with Crippen LogP contribution in [0.2, 0.25) is 0 Å². The van der Waals surface area contributed by atoms with Crippen molar-refractivity contribution < 1.29 is 4.74 Å². The molecule has 1 heterocycles. The summed E-state index contributed by atoms with van der Waals surface area (Å²) in [6.45, 7) is 0. The van der Waals surface area contributed by atoms with Crippen LogP contribution in [0.3, 0.4) is 0 Å². The van der Waals surface area contributed by atoms with E-state index in [1.54, 1.807) is 13.2 Å². The van der Waals surface area contributed by atoms with Crippen molar-refractivity contribution in [3.8, 4) is 5.75 Å². The number of methoxy groups -OCH3 is 1. The zero-order valence-electron chi connectivity index (χ0n) is 9.64. The molecule has 1 aromatic heterocycles. The fourth-order valence-electron chi connectivity index (χ4n) is 1.38. The monoisotopic (exact) mass is 264 g/mol. The van der Waals surface area contributed by atoms with Crippen LogP contribution in [-0.2, 0) is 0 Å². The van der Waals surface area contributed by atoms with Crippen LogP contribution in [0.1, 0.15) is 0 Å². The molecule has 94 valence electrons. The van der Waals surface area contributed by atoms with Gasteiger partial charge in [0.15, 0.2) is 0 Å². The number of aromatic nitrogens is 2. The highest BCUT2D eigenvalue weighted by atomic mass is 32.2. The molecule has 0 saturated heterocycles. The number of anilines is 2. The number of benzene rings is 1. The molecule has 0 fully saturated rings. The largest absolute Gasteiger partial charge is 0.497 e. The van der Waals surface area contributed by atoms with Gasteiger partial charge in [0.05, 0.1) is 7.11 Å². The maximum Gasteiger partial charge on any atom is 0.268 e. The zero-order valence-corrected chi connectivity index (χ0v) is 10.5. The summed E-state index contributed by atoms with van der Waals surface area (Å²) in [4.78, 5) is 19.1. The van der Waals surface area contributed by atoms with Crippen LogP contribution in [0.15, 0.2) is 38.9 Å². The van der Waals surface area contributed by atoms with Gasteiger partial charge in [0.25, 0.3) is 5.56 Å². The van der Waals surface area contributed by atoms with E-state index in [-0.39, 0.29) is 17.3 Å². The number of nitrogen functional groups attached to an aromatic ring is 2. The number of hydrogen-bond acceptors (Lipinski definition) is 6. The Kier molecular flexibility index (Phi) is 3.42. The molecule has 0 saturated carbocycles. The van der Waals surface area contributed by atoms with E-state index in [0.29, 0.717) is 10.6 Å². The number of H-pyrrole nitrogens is 1. The van der Waals surface area contributed by atoms with Gasteiger partial charge in [0, 0.05) is 4.90 Å². The summed E-state index contributed by atoms with van der Waals surface area (Å²) in [5.74, 6) is 0.829. The van der Waals surface area contributed by atoms with Crippen LogP contribution in [-0.4, -0.2) is 17.1 Å². The maximum absolute atomic E-state index is 11.7. The lowest BCUT2D eigenvalue weighted by atomic mass is 10.3. The maximum atomic E-state index is 11.7. The highest BCUT2D eigenvalue weighted by Crippen LogP contribution is 2.30. The first-order chi connectivity index (χ1) is 8.60. The Hall–Kier alpha value is -2.15. The summed E-state index contributed by atoms with van der Waals surface area (Å²) in [7, 11) is 1.58. The van der Waals surface area contributed by atoms with E-state index in [1.807, 2.05) is 18.2 Å². The molecule has 0 bridgehead atoms. The number of nitrogens with one attached hydrogen (secondary N) is 1. The minimum Gasteiger partial charge on any atom is -0.497 e. The van der Waals surface area contributed by atoms with Gasteiger partial charge in [-0.25, -0.2) is 0 Å². The van der Waals surface area contributed by atoms with Crippen LogP contribution in [0.25, 0.3) is 0 Å². The summed E-state index contributed by atoms with van der Waals surface area (Å²) in [6, 6.07) is 7.30. The van der Waals surface area contributed by atoms with E-state index >= 15 is 0 Å². The van der Waals surface area contributed by atoms with Crippen molar-refractivity contribution in [1.29, 1.82) is 0 Å². The molecule has 0 aliphatic rings. The minimum atomic E-state index is -0.354. The second kappa shape index (κ2) is 5.01. The highest BCUT2D eigenvalue weighted by Gasteiger charge is 2.10. The van der Waals surface area contributed by atoms with Crippen LogP contribution in [0.4, 0.5) is 11.8 Å². The molecule has 7 heteroatoms. The molecule has 6 nitrogen and oxygen atoms in total. The summed E-state index contributed by atoms with van der Waals surface area (Å²) < 4.78 is 5.11. The Bertz CT molecular complexity index is 627. The van der Waals surface area contributed by atoms with Gasteiger partial charge in [0.2, 0.25) is 5.95 Å². The van der Waals surface area contributed by atoms with Crippen molar-refractivity contribution in [2.45, 2.75) is 9.79 Å². The molecule has 0 aliphatic carbocycles. The summed E-state index contributed by atoms with van der Waals surface area (Å²) in [5.41, 5.74) is 10.7. The Morgan fingerprint density at radius 2 is 2.17 bits per heavy atom. The van der Waals surface area contributed by atoms with Gasteiger partial charge in [-0.1, -0.05) is 17.8 Å². The average molecular weight is 264 g/mol. The zero-order chi connectivity index (χ0) is 13.1. The highest BCUT2D eigenvalue weighted by molar-refractivity contribution is 7.99. The first-order valence-corrected chi connectivity index (χ1v) is 5.89. The van der Waals surface area contributed by atoms with Crippen molar-refractivity contribution in [2.75, 3.05) is 18.6 Å². The van der Waals surface area contributed by atoms with E-state index in [4.69, 9.17) is 16.2 Å². The van der Waals surface area contributed by atoms with Gasteiger partial charge >= 0.3 is 0 Å². The second-order valence-corrected chi connectivity index (χ2v) is 4.53. The molecule has 0 aliphatic heterocycles. The number of rotatable bonds is 3. The van der Waals surface area contributed by atoms with E-state index in [2.05, 4.69) is 9.97 Å². The van der Waals surface area contributed by atoms with Crippen molar-refractivity contribution in [3.63, 3.8) is 0 Å². The second-order valence-electron chi connectivity index (χ2n) is 3.45. The summed E-state index contributed by atoms with van der Waals surface area (Å²) in [5, 5.41) is 0. The summed E-state index contributed by atoms with van der Waals surface area (Å²) >= 11 is 1.21. The molecule has 0 spiro atoms. The quantitative estimate of drug-likeness (QED) is 0.766. The molecule has 0 unspecified atom stereocenters. The van der Waals surface area contributed by atoms with Crippen molar-refractivity contribution in [2.24, 2.45) is 0 Å². The Labute approximate surface area is 107 Å².